The molecule has 272 valence electrons. The van der Waals surface area contributed by atoms with E-state index in [1.54, 1.807) is 22.0 Å². The number of pyridine rings is 1. The molecule has 1 saturated carbocycles. The molecule has 3 N–H and O–H groups in total. The number of nitrogens with one attached hydrogen (secondary N) is 2. The van der Waals surface area contributed by atoms with E-state index in [1.165, 1.54) is 18.0 Å². The van der Waals surface area contributed by atoms with Crippen molar-refractivity contribution in [1.82, 2.24) is 30.0 Å². The van der Waals surface area contributed by atoms with Crippen molar-refractivity contribution in [3.8, 4) is 17.2 Å². The highest BCUT2D eigenvalue weighted by Crippen LogP contribution is 2.44. The number of carbonyl (C=O) groups is 1. The molecule has 4 heterocycles. The molecular weight excluding hydrogens is 702 g/mol. The molecule has 1 aliphatic heterocycles. The van der Waals surface area contributed by atoms with Crippen LogP contribution in [0, 0.1) is 11.3 Å². The zero-order valence-corrected chi connectivity index (χ0v) is 30.1. The van der Waals surface area contributed by atoms with Gasteiger partial charge < -0.3 is 20.6 Å². The Hall–Kier alpha value is -4.53. The third-order valence-electron chi connectivity index (χ3n) is 9.48. The lowest BCUT2D eigenvalue weighted by Gasteiger charge is -2.36. The SMILES string of the molecule is C[C@@H]1N(c2nc(NC3CCC(N(C(=O)NCc4ccccc4)c4ccc(-c5cnn(C)c5)cn4)CC3)ncc2C#N)CC[C@@]1(O)C(F)(F)F.S.S. The lowest BCUT2D eigenvalue weighted by atomic mass is 9.90. The molecule has 1 aromatic carbocycles. The summed E-state index contributed by atoms with van der Waals surface area (Å²) in [5, 5.41) is 30.6. The highest BCUT2D eigenvalue weighted by atomic mass is 32.1. The highest BCUT2D eigenvalue weighted by molar-refractivity contribution is 7.59. The van der Waals surface area contributed by atoms with Gasteiger partial charge in [0.15, 0.2) is 11.4 Å². The normalized spacial score (nSPS) is 21.5. The second-order valence-electron chi connectivity index (χ2n) is 12.6. The van der Waals surface area contributed by atoms with Crippen molar-refractivity contribution >= 4 is 50.6 Å². The Morgan fingerprint density at radius 3 is 2.37 bits per heavy atom. The van der Waals surface area contributed by atoms with Gasteiger partial charge in [0.1, 0.15) is 17.5 Å². The molecular formula is C34H41F3N10O2S2. The zero-order chi connectivity index (χ0) is 34.8. The van der Waals surface area contributed by atoms with Crippen molar-refractivity contribution in [2.75, 3.05) is 21.7 Å². The number of amides is 2. The molecule has 0 spiro atoms. The lowest BCUT2D eigenvalue weighted by Crippen LogP contribution is -2.53. The summed E-state index contributed by atoms with van der Waals surface area (Å²) in [7, 11) is 1.84. The average molecular weight is 743 g/mol. The summed E-state index contributed by atoms with van der Waals surface area (Å²) in [4.78, 5) is 30.1. The Bertz CT molecular complexity index is 1820. The van der Waals surface area contributed by atoms with Crippen LogP contribution in [-0.4, -0.2) is 72.3 Å². The molecule has 0 unspecified atom stereocenters. The standard InChI is InChI=1S/C34H37F3N10O2.2H2S/c1-22-33(49,34(35,36)37)14-15-46(22)30-25(16-38)19-40-31(44-30)43-27-9-11-28(12-10-27)47(32(48)41-17-23-6-4-3-5-7-23)29-13-8-24(18-39-29)26-20-42-45(2)21-26;;/h3-8,13,18-22,27-28,49H,9-12,14-15,17H2,1-2H3,(H,41,48)(H,40,43,44);2*1H2/t22-,27?,28?,33-;;/m0../s1. The van der Waals surface area contributed by atoms with E-state index in [0.717, 1.165) is 16.7 Å². The van der Waals surface area contributed by atoms with Gasteiger partial charge in [0.2, 0.25) is 5.95 Å². The first-order valence-electron chi connectivity index (χ1n) is 16.1. The third-order valence-corrected chi connectivity index (χ3v) is 9.48. The number of rotatable bonds is 8. The van der Waals surface area contributed by atoms with Crippen molar-refractivity contribution in [1.29, 1.82) is 5.26 Å². The maximum absolute atomic E-state index is 13.7. The maximum atomic E-state index is 13.7. The van der Waals surface area contributed by atoms with Crippen LogP contribution in [0.1, 0.15) is 50.2 Å². The van der Waals surface area contributed by atoms with Gasteiger partial charge in [-0.2, -0.15) is 55.5 Å². The van der Waals surface area contributed by atoms with Crippen LogP contribution in [0.15, 0.2) is 67.3 Å². The number of nitrogens with zero attached hydrogens (tertiary/aromatic N) is 8. The second-order valence-corrected chi connectivity index (χ2v) is 12.6. The molecule has 12 nitrogen and oxygen atoms in total. The third kappa shape index (κ3) is 8.35. The summed E-state index contributed by atoms with van der Waals surface area (Å²) < 4.78 is 42.8. The fourth-order valence-electron chi connectivity index (χ4n) is 6.61. The number of alkyl halides is 3. The Balaban J connectivity index is 0.00000292. The Kier molecular flexibility index (Phi) is 12.5. The molecule has 2 fully saturated rings. The summed E-state index contributed by atoms with van der Waals surface area (Å²) in [6.07, 6.45) is 3.86. The molecule has 1 aliphatic carbocycles. The molecule has 2 atom stereocenters. The van der Waals surface area contributed by atoms with E-state index in [4.69, 9.17) is 0 Å². The number of anilines is 3. The summed E-state index contributed by atoms with van der Waals surface area (Å²) in [5.41, 5.74) is -0.133. The quantitative estimate of drug-likeness (QED) is 0.216. The van der Waals surface area contributed by atoms with Gasteiger partial charge in [0, 0.05) is 62.2 Å². The summed E-state index contributed by atoms with van der Waals surface area (Å²) in [6, 6.07) is 13.5. The minimum absolute atomic E-state index is 0. The van der Waals surface area contributed by atoms with Crippen LogP contribution in [-0.2, 0) is 13.6 Å². The predicted molar refractivity (Wildman–Crippen MR) is 197 cm³/mol. The highest BCUT2D eigenvalue weighted by Gasteiger charge is 2.62. The molecule has 6 rings (SSSR count). The number of aromatic nitrogens is 5. The number of hydrogen-bond donors (Lipinski definition) is 3. The summed E-state index contributed by atoms with van der Waals surface area (Å²) in [6.45, 7) is 1.52. The number of urea groups is 1. The number of hydrogen-bond acceptors (Lipinski definition) is 9. The summed E-state index contributed by atoms with van der Waals surface area (Å²) >= 11 is 0. The molecule has 17 heteroatoms. The largest absolute Gasteiger partial charge is 0.419 e. The van der Waals surface area contributed by atoms with Crippen LogP contribution in [0.3, 0.4) is 0 Å². The van der Waals surface area contributed by atoms with E-state index in [0.29, 0.717) is 38.0 Å². The number of aliphatic hydroxyl groups is 1. The van der Waals surface area contributed by atoms with Gasteiger partial charge in [-0.05, 0) is 50.3 Å². The first-order valence-corrected chi connectivity index (χ1v) is 16.1. The number of aryl methyl sites for hydroxylation is 1. The number of halogens is 3. The van der Waals surface area contributed by atoms with E-state index in [-0.39, 0.29) is 69.0 Å². The van der Waals surface area contributed by atoms with Gasteiger partial charge in [-0.15, -0.1) is 0 Å². The molecule has 51 heavy (non-hydrogen) atoms. The number of carbonyl (C=O) groups excluding carboxylic acids is 1. The van der Waals surface area contributed by atoms with Crippen molar-refractivity contribution in [3.63, 3.8) is 0 Å². The first-order chi connectivity index (χ1) is 23.5. The molecule has 0 bridgehead atoms. The zero-order valence-electron chi connectivity index (χ0n) is 28.1. The van der Waals surface area contributed by atoms with Crippen LogP contribution in [0.5, 0.6) is 0 Å². The molecule has 0 radical (unpaired) electrons. The van der Waals surface area contributed by atoms with Gasteiger partial charge in [0.25, 0.3) is 0 Å². The minimum Gasteiger partial charge on any atom is -0.379 e. The fraction of sp³-hybridized carbons (Fsp3) is 0.412. The van der Waals surface area contributed by atoms with Crippen LogP contribution >= 0.6 is 27.0 Å². The van der Waals surface area contributed by atoms with Crippen LogP contribution in [0.4, 0.5) is 35.5 Å². The van der Waals surface area contributed by atoms with Gasteiger partial charge in [0.05, 0.1) is 18.4 Å². The number of benzene rings is 1. The Morgan fingerprint density at radius 1 is 1.06 bits per heavy atom. The van der Waals surface area contributed by atoms with Crippen molar-refractivity contribution in [2.45, 2.75) is 75.5 Å². The molecule has 2 aliphatic rings. The van der Waals surface area contributed by atoms with Gasteiger partial charge >= 0.3 is 12.2 Å². The van der Waals surface area contributed by atoms with Gasteiger partial charge in [-0.25, -0.2) is 14.8 Å². The van der Waals surface area contributed by atoms with Crippen LogP contribution < -0.4 is 20.4 Å². The van der Waals surface area contributed by atoms with Crippen molar-refractivity contribution < 1.29 is 23.1 Å². The van der Waals surface area contributed by atoms with Crippen LogP contribution in [0.2, 0.25) is 0 Å². The van der Waals surface area contributed by atoms with E-state index >= 15 is 0 Å². The topological polar surface area (TPSA) is 148 Å². The summed E-state index contributed by atoms with van der Waals surface area (Å²) in [5.74, 6) is 0.744. The Labute approximate surface area is 308 Å². The molecule has 3 aromatic heterocycles. The predicted octanol–water partition coefficient (Wildman–Crippen LogP) is 5.40. The van der Waals surface area contributed by atoms with Crippen LogP contribution in [0.25, 0.3) is 11.1 Å². The first kappa shape index (κ1) is 39.3. The van der Waals surface area contributed by atoms with E-state index < -0.39 is 24.2 Å². The van der Waals surface area contributed by atoms with Crippen molar-refractivity contribution in [3.05, 3.63) is 78.4 Å². The fourth-order valence-corrected chi connectivity index (χ4v) is 6.61. The number of nitriles is 1. The van der Waals surface area contributed by atoms with E-state index in [2.05, 4.69) is 30.7 Å². The van der Waals surface area contributed by atoms with Crippen molar-refractivity contribution in [2.24, 2.45) is 7.05 Å². The lowest BCUT2D eigenvalue weighted by molar-refractivity contribution is -0.260. The monoisotopic (exact) mass is 742 g/mol. The minimum atomic E-state index is -4.83. The van der Waals surface area contributed by atoms with E-state index in [1.807, 2.05) is 61.8 Å². The Morgan fingerprint density at radius 2 is 1.78 bits per heavy atom. The molecule has 4 aromatic rings. The maximum Gasteiger partial charge on any atom is 0.419 e. The second kappa shape index (κ2) is 16.2. The van der Waals surface area contributed by atoms with E-state index in [9.17, 15) is 28.3 Å². The van der Waals surface area contributed by atoms with Gasteiger partial charge in [-0.1, -0.05) is 30.3 Å². The van der Waals surface area contributed by atoms with Gasteiger partial charge in [-0.3, -0.25) is 9.58 Å². The smallest absolute Gasteiger partial charge is 0.379 e. The molecule has 1 saturated heterocycles. The average Bonchev–Trinajstić information content (AvgIpc) is 3.68. The molecule has 2 amide bonds.